The zero-order chi connectivity index (χ0) is 8.55. The van der Waals surface area contributed by atoms with Gasteiger partial charge in [0.25, 0.3) is 0 Å². The van der Waals surface area contributed by atoms with Gasteiger partial charge in [0.05, 0.1) is 0 Å². The van der Waals surface area contributed by atoms with E-state index >= 15 is 0 Å². The van der Waals surface area contributed by atoms with E-state index in [-0.39, 0.29) is 0 Å². The Bertz CT molecular complexity index is 297. The van der Waals surface area contributed by atoms with Crippen molar-refractivity contribution in [3.63, 3.8) is 0 Å². The molecule has 2 nitrogen and oxygen atoms in total. The predicted octanol–water partition coefficient (Wildman–Crippen LogP) is 1.38. The molecule has 62 valence electrons. The van der Waals surface area contributed by atoms with Gasteiger partial charge >= 0.3 is 0 Å². The summed E-state index contributed by atoms with van der Waals surface area (Å²) in [4.78, 5) is 0. The molecule has 0 bridgehead atoms. The normalized spacial score (nSPS) is 13.2. The van der Waals surface area contributed by atoms with Crippen LogP contribution in [0.3, 0.4) is 0 Å². The molecule has 0 unspecified atom stereocenters. The molecule has 1 heterocycles. The van der Waals surface area contributed by atoms with Gasteiger partial charge in [-0.25, -0.2) is 0 Å². The van der Waals surface area contributed by atoms with E-state index in [2.05, 4.69) is 19.7 Å². The third kappa shape index (κ3) is 1.15. The molecule has 0 aliphatic carbocycles. The van der Waals surface area contributed by atoms with Crippen LogP contribution in [0.15, 0.2) is 18.2 Å². The molecule has 1 aromatic rings. The van der Waals surface area contributed by atoms with Crippen LogP contribution in [0.4, 0.5) is 0 Å². The standard InChI is InChI=1S/C9H11BO2/c1-10(2)7-3-4-8-9(5-7)12-6-11-8/h3-5H,6H2,1-2H3. The van der Waals surface area contributed by atoms with Crippen LogP contribution in [-0.4, -0.2) is 13.5 Å². The molecule has 0 aromatic heterocycles. The maximum Gasteiger partial charge on any atom is 0.231 e. The number of hydrogen-bond acceptors (Lipinski definition) is 2. The molecule has 0 saturated carbocycles. The summed E-state index contributed by atoms with van der Waals surface area (Å²) < 4.78 is 10.5. The van der Waals surface area contributed by atoms with Crippen LogP contribution >= 0.6 is 0 Å². The number of ether oxygens (including phenoxy) is 2. The average molecular weight is 162 g/mol. The Balaban J connectivity index is 2.39. The summed E-state index contributed by atoms with van der Waals surface area (Å²) >= 11 is 0. The molecule has 0 spiro atoms. The number of rotatable bonds is 1. The quantitative estimate of drug-likeness (QED) is 0.580. The number of hydrogen-bond donors (Lipinski definition) is 0. The third-order valence-corrected chi connectivity index (χ3v) is 2.06. The monoisotopic (exact) mass is 162 g/mol. The molecule has 2 rings (SSSR count). The Kier molecular flexibility index (Phi) is 1.72. The van der Waals surface area contributed by atoms with Gasteiger partial charge in [-0.15, -0.1) is 0 Å². The Morgan fingerprint density at radius 1 is 1.17 bits per heavy atom. The van der Waals surface area contributed by atoms with E-state index < -0.39 is 0 Å². The zero-order valence-electron chi connectivity index (χ0n) is 7.33. The average Bonchev–Trinajstić information content (AvgIpc) is 2.49. The van der Waals surface area contributed by atoms with Crippen molar-refractivity contribution < 1.29 is 9.47 Å². The second-order valence-corrected chi connectivity index (χ2v) is 3.27. The smallest absolute Gasteiger partial charge is 0.231 e. The minimum absolute atomic E-state index is 0.358. The molecular weight excluding hydrogens is 151 g/mol. The Morgan fingerprint density at radius 3 is 2.67 bits per heavy atom. The highest BCUT2D eigenvalue weighted by Gasteiger charge is 2.14. The lowest BCUT2D eigenvalue weighted by atomic mass is 9.49. The molecule has 0 fully saturated rings. The zero-order valence-corrected chi connectivity index (χ0v) is 7.33. The molecule has 0 saturated heterocycles. The first-order valence-electron chi connectivity index (χ1n) is 4.17. The summed E-state index contributed by atoms with van der Waals surface area (Å²) in [5, 5.41) is 0. The molecule has 0 atom stereocenters. The van der Waals surface area contributed by atoms with Gasteiger partial charge in [0.1, 0.15) is 0 Å². The van der Waals surface area contributed by atoms with Crippen LogP contribution in [0.2, 0.25) is 13.6 Å². The van der Waals surface area contributed by atoms with Crippen molar-refractivity contribution in [2.24, 2.45) is 0 Å². The van der Waals surface area contributed by atoms with E-state index in [1.54, 1.807) is 0 Å². The third-order valence-electron chi connectivity index (χ3n) is 2.06. The Labute approximate surface area is 72.6 Å². The van der Waals surface area contributed by atoms with E-state index in [1.165, 1.54) is 5.46 Å². The van der Waals surface area contributed by atoms with E-state index in [9.17, 15) is 0 Å². The lowest BCUT2D eigenvalue weighted by Gasteiger charge is -2.02. The van der Waals surface area contributed by atoms with E-state index in [0.717, 1.165) is 11.5 Å². The van der Waals surface area contributed by atoms with Gasteiger partial charge in [-0.3, -0.25) is 0 Å². The highest BCUT2D eigenvalue weighted by atomic mass is 16.7. The Morgan fingerprint density at radius 2 is 1.92 bits per heavy atom. The van der Waals surface area contributed by atoms with Crippen molar-refractivity contribution in [1.29, 1.82) is 0 Å². The fraction of sp³-hybridized carbons (Fsp3) is 0.333. The number of fused-ring (bicyclic) bond motifs is 1. The van der Waals surface area contributed by atoms with Gasteiger partial charge in [-0.05, 0) is 12.1 Å². The van der Waals surface area contributed by atoms with Crippen LogP contribution in [0, 0.1) is 0 Å². The first-order chi connectivity index (χ1) is 5.77. The molecule has 1 aromatic carbocycles. The van der Waals surface area contributed by atoms with Crippen LogP contribution in [-0.2, 0) is 0 Å². The van der Waals surface area contributed by atoms with Crippen molar-refractivity contribution in [2.75, 3.05) is 6.79 Å². The summed E-state index contributed by atoms with van der Waals surface area (Å²) in [6, 6.07) is 6.10. The number of benzene rings is 1. The molecule has 0 radical (unpaired) electrons. The highest BCUT2D eigenvalue weighted by molar-refractivity contribution is 6.70. The maximum absolute atomic E-state index is 5.27. The van der Waals surface area contributed by atoms with Crippen molar-refractivity contribution >= 4 is 12.2 Å². The van der Waals surface area contributed by atoms with Gasteiger partial charge in [-0.1, -0.05) is 25.2 Å². The molecule has 0 amide bonds. The minimum Gasteiger partial charge on any atom is -0.454 e. The highest BCUT2D eigenvalue weighted by Crippen LogP contribution is 2.29. The van der Waals surface area contributed by atoms with Crippen LogP contribution in [0.1, 0.15) is 0 Å². The van der Waals surface area contributed by atoms with Gasteiger partial charge in [0, 0.05) is 0 Å². The molecule has 12 heavy (non-hydrogen) atoms. The van der Waals surface area contributed by atoms with Crippen molar-refractivity contribution in [3.8, 4) is 11.5 Å². The molecule has 1 aliphatic heterocycles. The topological polar surface area (TPSA) is 18.5 Å². The first-order valence-corrected chi connectivity index (χ1v) is 4.17. The lowest BCUT2D eigenvalue weighted by molar-refractivity contribution is 0.174. The van der Waals surface area contributed by atoms with Crippen molar-refractivity contribution in [3.05, 3.63) is 18.2 Å². The summed E-state index contributed by atoms with van der Waals surface area (Å²) in [5.74, 6) is 1.74. The summed E-state index contributed by atoms with van der Waals surface area (Å²) in [7, 11) is 0. The summed E-state index contributed by atoms with van der Waals surface area (Å²) in [5.41, 5.74) is 1.29. The minimum atomic E-state index is 0.358. The second-order valence-electron chi connectivity index (χ2n) is 3.27. The molecule has 3 heteroatoms. The van der Waals surface area contributed by atoms with Crippen LogP contribution < -0.4 is 14.9 Å². The van der Waals surface area contributed by atoms with Crippen LogP contribution in [0.25, 0.3) is 0 Å². The maximum atomic E-state index is 5.27. The lowest BCUT2D eigenvalue weighted by Crippen LogP contribution is -2.21. The van der Waals surface area contributed by atoms with Crippen molar-refractivity contribution in [1.82, 2.24) is 0 Å². The van der Waals surface area contributed by atoms with E-state index in [0.29, 0.717) is 13.5 Å². The fourth-order valence-corrected chi connectivity index (χ4v) is 1.27. The van der Waals surface area contributed by atoms with E-state index in [1.807, 2.05) is 12.1 Å². The van der Waals surface area contributed by atoms with E-state index in [4.69, 9.17) is 9.47 Å². The molecule has 1 aliphatic rings. The predicted molar refractivity (Wildman–Crippen MR) is 49.7 cm³/mol. The van der Waals surface area contributed by atoms with Crippen molar-refractivity contribution in [2.45, 2.75) is 13.6 Å². The molecule has 0 N–H and O–H groups in total. The van der Waals surface area contributed by atoms with Gasteiger partial charge in [0.2, 0.25) is 6.79 Å². The second kappa shape index (κ2) is 2.74. The van der Waals surface area contributed by atoms with Crippen LogP contribution in [0.5, 0.6) is 11.5 Å². The SMILES string of the molecule is CB(C)c1ccc2c(c1)OCO2. The summed E-state index contributed by atoms with van der Waals surface area (Å²) in [6.07, 6.45) is 0. The molecular formula is C9H11BO2. The first kappa shape index (κ1) is 7.53. The summed E-state index contributed by atoms with van der Waals surface area (Å²) in [6.45, 7) is 5.23. The fourth-order valence-electron chi connectivity index (χ4n) is 1.27. The Hall–Kier alpha value is -1.12. The van der Waals surface area contributed by atoms with Gasteiger partial charge < -0.3 is 9.47 Å². The van der Waals surface area contributed by atoms with Gasteiger partial charge in [-0.2, -0.15) is 0 Å². The largest absolute Gasteiger partial charge is 0.454 e. The van der Waals surface area contributed by atoms with Gasteiger partial charge in [0.15, 0.2) is 18.2 Å².